The second kappa shape index (κ2) is 5.38. The molecule has 2 atom stereocenters. The van der Waals surface area contributed by atoms with Crippen molar-refractivity contribution in [2.75, 3.05) is 11.9 Å². The number of nitro groups is 1. The van der Waals surface area contributed by atoms with Crippen LogP contribution in [0.5, 0.6) is 0 Å². The first-order valence-electron chi connectivity index (χ1n) is 6.55. The Labute approximate surface area is 108 Å². The van der Waals surface area contributed by atoms with Gasteiger partial charge in [0.05, 0.1) is 4.92 Å². The molecule has 0 aromatic heterocycles. The zero-order valence-electron chi connectivity index (χ0n) is 11.0. The van der Waals surface area contributed by atoms with Crippen LogP contribution in [0.1, 0.15) is 31.7 Å². The van der Waals surface area contributed by atoms with Crippen LogP contribution in [0, 0.1) is 28.9 Å². The Kier molecular flexibility index (Phi) is 3.84. The van der Waals surface area contributed by atoms with Gasteiger partial charge in [-0.2, -0.15) is 0 Å². The van der Waals surface area contributed by atoms with Gasteiger partial charge in [-0.3, -0.25) is 10.1 Å². The molecule has 0 aliphatic heterocycles. The maximum Gasteiger partial charge on any atom is 0.295 e. The van der Waals surface area contributed by atoms with Crippen LogP contribution in [-0.4, -0.2) is 11.5 Å². The molecule has 1 aromatic rings. The molecular weight excluding hydrogens is 228 g/mol. The van der Waals surface area contributed by atoms with Crippen LogP contribution in [-0.2, 0) is 0 Å². The number of nitrogens with one attached hydrogen (secondary N) is 1. The molecule has 0 amide bonds. The van der Waals surface area contributed by atoms with Gasteiger partial charge in [0.25, 0.3) is 5.69 Å². The zero-order valence-corrected chi connectivity index (χ0v) is 11.0. The fourth-order valence-electron chi connectivity index (χ4n) is 2.81. The van der Waals surface area contributed by atoms with E-state index in [1.807, 2.05) is 6.07 Å². The highest BCUT2D eigenvalue weighted by Crippen LogP contribution is 2.32. The Morgan fingerprint density at radius 2 is 2.22 bits per heavy atom. The average molecular weight is 248 g/mol. The molecule has 0 bridgehead atoms. The van der Waals surface area contributed by atoms with Gasteiger partial charge in [0, 0.05) is 12.1 Å². The topological polar surface area (TPSA) is 55.2 Å². The van der Waals surface area contributed by atoms with E-state index in [0.29, 0.717) is 17.2 Å². The summed E-state index contributed by atoms with van der Waals surface area (Å²) in [6.07, 6.45) is 3.74. The number of hydrogen-bond donors (Lipinski definition) is 1. The summed E-state index contributed by atoms with van der Waals surface area (Å²) >= 11 is 0. The third-order valence-electron chi connectivity index (χ3n) is 3.80. The summed E-state index contributed by atoms with van der Waals surface area (Å²) in [4.78, 5) is 10.8. The van der Waals surface area contributed by atoms with E-state index < -0.39 is 0 Å². The minimum Gasteiger partial charge on any atom is -0.379 e. The number of rotatable bonds is 4. The lowest BCUT2D eigenvalue weighted by Crippen LogP contribution is -2.12. The Balaban J connectivity index is 2.05. The third-order valence-corrected chi connectivity index (χ3v) is 3.80. The summed E-state index contributed by atoms with van der Waals surface area (Å²) in [5.74, 6) is 1.45. The molecule has 0 saturated heterocycles. The summed E-state index contributed by atoms with van der Waals surface area (Å²) in [6.45, 7) is 4.89. The predicted octanol–water partition coefficient (Wildman–Crippen LogP) is 3.75. The van der Waals surface area contributed by atoms with Crippen molar-refractivity contribution in [1.29, 1.82) is 0 Å². The Hall–Kier alpha value is -1.58. The van der Waals surface area contributed by atoms with Gasteiger partial charge < -0.3 is 5.32 Å². The second-order valence-electron chi connectivity index (χ2n) is 5.39. The van der Waals surface area contributed by atoms with Crippen LogP contribution in [0.4, 0.5) is 11.4 Å². The van der Waals surface area contributed by atoms with Gasteiger partial charge in [0.15, 0.2) is 0 Å². The lowest BCUT2D eigenvalue weighted by molar-refractivity contribution is -0.384. The van der Waals surface area contributed by atoms with E-state index >= 15 is 0 Å². The smallest absolute Gasteiger partial charge is 0.295 e. The summed E-state index contributed by atoms with van der Waals surface area (Å²) < 4.78 is 0. The minimum absolute atomic E-state index is 0.212. The van der Waals surface area contributed by atoms with E-state index in [1.54, 1.807) is 19.1 Å². The first-order valence-corrected chi connectivity index (χ1v) is 6.55. The van der Waals surface area contributed by atoms with Crippen LogP contribution in [0.25, 0.3) is 0 Å². The predicted molar refractivity (Wildman–Crippen MR) is 72.8 cm³/mol. The van der Waals surface area contributed by atoms with Gasteiger partial charge in [-0.25, -0.2) is 0 Å². The number of anilines is 1. The van der Waals surface area contributed by atoms with Gasteiger partial charge >= 0.3 is 0 Å². The first-order chi connectivity index (χ1) is 8.58. The van der Waals surface area contributed by atoms with Crippen molar-refractivity contribution < 1.29 is 4.92 Å². The fraction of sp³-hybridized carbons (Fsp3) is 0.571. The van der Waals surface area contributed by atoms with Crippen molar-refractivity contribution in [3.05, 3.63) is 33.9 Å². The molecule has 2 unspecified atom stereocenters. The highest BCUT2D eigenvalue weighted by molar-refractivity contribution is 5.64. The molecule has 0 radical (unpaired) electrons. The SMILES string of the molecule is Cc1cccc(NCC2CCC(C)C2)c1[N+](=O)[O-]. The molecule has 18 heavy (non-hydrogen) atoms. The fourth-order valence-corrected chi connectivity index (χ4v) is 2.81. The molecule has 98 valence electrons. The number of nitrogens with zero attached hydrogens (tertiary/aromatic N) is 1. The highest BCUT2D eigenvalue weighted by Gasteiger charge is 2.22. The molecule has 4 nitrogen and oxygen atoms in total. The van der Waals surface area contributed by atoms with Crippen molar-refractivity contribution in [2.45, 2.75) is 33.1 Å². The van der Waals surface area contributed by atoms with E-state index in [4.69, 9.17) is 0 Å². The number of aryl methyl sites for hydroxylation is 1. The normalized spacial score (nSPS) is 23.0. The van der Waals surface area contributed by atoms with Crippen LogP contribution in [0.2, 0.25) is 0 Å². The molecule has 1 fully saturated rings. The molecule has 4 heteroatoms. The van der Waals surface area contributed by atoms with Gasteiger partial charge in [-0.1, -0.05) is 25.5 Å². The molecule has 1 aliphatic carbocycles. The van der Waals surface area contributed by atoms with Gasteiger partial charge in [0.2, 0.25) is 0 Å². The molecule has 1 N–H and O–H groups in total. The van der Waals surface area contributed by atoms with Crippen LogP contribution in [0.15, 0.2) is 18.2 Å². The number of nitro benzene ring substituents is 1. The standard InChI is InChI=1S/C14H20N2O2/c1-10-6-7-12(8-10)9-15-13-5-3-4-11(2)14(13)16(17)18/h3-5,10,12,15H,6-9H2,1-2H3. The number of hydrogen-bond acceptors (Lipinski definition) is 3. The van der Waals surface area contributed by atoms with Crippen molar-refractivity contribution >= 4 is 11.4 Å². The Bertz CT molecular complexity index is 445. The largest absolute Gasteiger partial charge is 0.379 e. The van der Waals surface area contributed by atoms with Crippen molar-refractivity contribution in [3.63, 3.8) is 0 Å². The van der Waals surface area contributed by atoms with Crippen LogP contribution < -0.4 is 5.32 Å². The maximum absolute atomic E-state index is 11.1. The third kappa shape index (κ3) is 2.81. The van der Waals surface area contributed by atoms with E-state index in [0.717, 1.165) is 12.5 Å². The minimum atomic E-state index is -0.297. The summed E-state index contributed by atoms with van der Waals surface area (Å²) in [5.41, 5.74) is 1.58. The van der Waals surface area contributed by atoms with Gasteiger partial charge in [-0.15, -0.1) is 0 Å². The molecule has 1 saturated carbocycles. The van der Waals surface area contributed by atoms with Crippen molar-refractivity contribution in [1.82, 2.24) is 0 Å². The Morgan fingerprint density at radius 1 is 1.44 bits per heavy atom. The molecule has 0 spiro atoms. The summed E-state index contributed by atoms with van der Waals surface area (Å²) in [7, 11) is 0. The number of benzene rings is 1. The molecule has 0 heterocycles. The summed E-state index contributed by atoms with van der Waals surface area (Å²) in [6, 6.07) is 5.44. The Morgan fingerprint density at radius 3 is 2.83 bits per heavy atom. The quantitative estimate of drug-likeness (QED) is 0.652. The maximum atomic E-state index is 11.1. The lowest BCUT2D eigenvalue weighted by Gasteiger charge is -2.13. The molecule has 1 aliphatic rings. The molecular formula is C14H20N2O2. The molecule has 1 aromatic carbocycles. The van der Waals surface area contributed by atoms with Gasteiger partial charge in [-0.05, 0) is 37.7 Å². The van der Waals surface area contributed by atoms with Crippen LogP contribution >= 0.6 is 0 Å². The molecule has 2 rings (SSSR count). The van der Waals surface area contributed by atoms with E-state index in [1.165, 1.54) is 19.3 Å². The van der Waals surface area contributed by atoms with E-state index in [9.17, 15) is 10.1 Å². The zero-order chi connectivity index (χ0) is 13.1. The first kappa shape index (κ1) is 12.9. The van der Waals surface area contributed by atoms with E-state index in [-0.39, 0.29) is 10.6 Å². The monoisotopic (exact) mass is 248 g/mol. The number of para-hydroxylation sites is 1. The highest BCUT2D eigenvalue weighted by atomic mass is 16.6. The van der Waals surface area contributed by atoms with Crippen molar-refractivity contribution in [2.24, 2.45) is 11.8 Å². The summed E-state index contributed by atoms with van der Waals surface area (Å²) in [5, 5.41) is 14.3. The lowest BCUT2D eigenvalue weighted by atomic mass is 10.1. The van der Waals surface area contributed by atoms with Crippen LogP contribution in [0.3, 0.4) is 0 Å². The average Bonchev–Trinajstić information content (AvgIpc) is 2.72. The van der Waals surface area contributed by atoms with Crippen molar-refractivity contribution in [3.8, 4) is 0 Å². The van der Waals surface area contributed by atoms with E-state index in [2.05, 4.69) is 12.2 Å². The van der Waals surface area contributed by atoms with Gasteiger partial charge in [0.1, 0.15) is 5.69 Å². The second-order valence-corrected chi connectivity index (χ2v) is 5.39.